The predicted octanol–water partition coefficient (Wildman–Crippen LogP) is 3.69. The summed E-state index contributed by atoms with van der Waals surface area (Å²) in [4.78, 5) is 7.85. The first kappa shape index (κ1) is 21.8. The zero-order valence-electron chi connectivity index (χ0n) is 15.7. The first-order chi connectivity index (χ1) is 13.4. The fourth-order valence-corrected chi connectivity index (χ4v) is 2.89. The summed E-state index contributed by atoms with van der Waals surface area (Å²) in [6, 6.07) is 7.35. The number of alkyl halides is 3. The van der Waals surface area contributed by atoms with Gasteiger partial charge in [-0.25, -0.2) is 9.98 Å². The maximum Gasteiger partial charge on any atom is 0.434 e. The van der Waals surface area contributed by atoms with Gasteiger partial charge in [-0.2, -0.15) is 13.2 Å². The molecule has 0 saturated heterocycles. The van der Waals surface area contributed by atoms with Crippen LogP contribution in [0.1, 0.15) is 24.0 Å². The average molecular weight is 416 g/mol. The first-order valence-corrected chi connectivity index (χ1v) is 9.61. The number of hydrogen-bond donors (Lipinski definition) is 2. The maximum atomic E-state index is 12.6. The zero-order chi connectivity index (χ0) is 20.4. The number of methoxy groups -OCH3 is 1. The Morgan fingerprint density at radius 3 is 2.71 bits per heavy atom. The summed E-state index contributed by atoms with van der Waals surface area (Å²) in [6.45, 7) is 3.73. The highest BCUT2D eigenvalue weighted by atomic mass is 32.1. The summed E-state index contributed by atoms with van der Waals surface area (Å²) in [5, 5.41) is 7.49. The number of benzene rings is 1. The van der Waals surface area contributed by atoms with E-state index in [1.54, 1.807) is 7.11 Å². The van der Waals surface area contributed by atoms with Crippen LogP contribution in [-0.2, 0) is 12.7 Å². The average Bonchev–Trinajstić information content (AvgIpc) is 3.15. The van der Waals surface area contributed by atoms with Crippen molar-refractivity contribution in [3.05, 3.63) is 40.3 Å². The number of aromatic nitrogens is 1. The second kappa shape index (κ2) is 10.7. The van der Waals surface area contributed by atoms with Gasteiger partial charge in [0.1, 0.15) is 16.5 Å². The molecule has 0 aliphatic carbocycles. The molecular formula is C18H23F3N4O2S. The molecule has 1 aromatic heterocycles. The quantitative estimate of drug-likeness (QED) is 0.371. The molecule has 28 heavy (non-hydrogen) atoms. The molecule has 1 heterocycles. The molecule has 0 fully saturated rings. The lowest BCUT2D eigenvalue weighted by atomic mass is 10.3. The molecule has 2 aromatic rings. The van der Waals surface area contributed by atoms with E-state index in [2.05, 4.69) is 20.6 Å². The van der Waals surface area contributed by atoms with Crippen molar-refractivity contribution < 1.29 is 22.6 Å². The number of thiazole rings is 1. The lowest BCUT2D eigenvalue weighted by Gasteiger charge is -2.11. The zero-order valence-corrected chi connectivity index (χ0v) is 16.5. The Bertz CT molecular complexity index is 765. The van der Waals surface area contributed by atoms with Crippen LogP contribution in [0.15, 0.2) is 34.6 Å². The number of nitrogens with zero attached hydrogens (tertiary/aromatic N) is 2. The number of guanidine groups is 1. The molecule has 2 rings (SSSR count). The van der Waals surface area contributed by atoms with E-state index in [1.165, 1.54) is 0 Å². The van der Waals surface area contributed by atoms with Crippen LogP contribution >= 0.6 is 11.3 Å². The van der Waals surface area contributed by atoms with Crippen LogP contribution < -0.4 is 20.1 Å². The largest absolute Gasteiger partial charge is 0.497 e. The number of hydrogen-bond acceptors (Lipinski definition) is 5. The molecule has 0 spiro atoms. The molecule has 0 radical (unpaired) electrons. The molecule has 1 aromatic carbocycles. The number of halogens is 3. The molecule has 0 saturated carbocycles. The molecule has 2 N–H and O–H groups in total. The van der Waals surface area contributed by atoms with Crippen molar-refractivity contribution >= 4 is 17.3 Å². The summed E-state index contributed by atoms with van der Waals surface area (Å²) in [6.07, 6.45) is -3.71. The Morgan fingerprint density at radius 2 is 2.04 bits per heavy atom. The third kappa shape index (κ3) is 7.26. The Labute approximate surface area is 165 Å². The van der Waals surface area contributed by atoms with E-state index < -0.39 is 11.9 Å². The topological polar surface area (TPSA) is 67.8 Å². The van der Waals surface area contributed by atoms with Crippen LogP contribution in [0.25, 0.3) is 0 Å². The molecule has 0 bridgehead atoms. The lowest BCUT2D eigenvalue weighted by Crippen LogP contribution is -2.38. The molecule has 0 amide bonds. The van der Waals surface area contributed by atoms with E-state index in [9.17, 15) is 13.2 Å². The normalized spacial score (nSPS) is 12.0. The SMILES string of the molecule is CCNC(=NCc1nc(C(F)(F)F)cs1)NCCCOc1cccc(OC)c1. The van der Waals surface area contributed by atoms with Gasteiger partial charge in [0.15, 0.2) is 11.7 Å². The third-order valence-electron chi connectivity index (χ3n) is 3.48. The molecule has 0 aliphatic heterocycles. The number of ether oxygens (including phenoxy) is 2. The fraction of sp³-hybridized carbons (Fsp3) is 0.444. The summed E-state index contributed by atoms with van der Waals surface area (Å²) in [5.41, 5.74) is -0.879. The van der Waals surface area contributed by atoms with Crippen molar-refractivity contribution in [3.63, 3.8) is 0 Å². The first-order valence-electron chi connectivity index (χ1n) is 8.73. The standard InChI is InChI=1S/C18H23F3N4O2S/c1-3-22-17(24-11-16-25-15(12-28-16)18(19,20)21)23-8-5-9-27-14-7-4-6-13(10-14)26-2/h4,6-7,10,12H,3,5,8-9,11H2,1-2H3,(H2,22,23,24). The van der Waals surface area contributed by atoms with Crippen LogP contribution in [0.4, 0.5) is 13.2 Å². The molecule has 0 atom stereocenters. The van der Waals surface area contributed by atoms with E-state index in [0.717, 1.165) is 34.6 Å². The molecule has 0 aliphatic rings. The van der Waals surface area contributed by atoms with Crippen molar-refractivity contribution in [2.75, 3.05) is 26.8 Å². The minimum Gasteiger partial charge on any atom is -0.497 e. The van der Waals surface area contributed by atoms with Gasteiger partial charge in [0, 0.05) is 24.5 Å². The molecule has 10 heteroatoms. The minimum absolute atomic E-state index is 0.0798. The van der Waals surface area contributed by atoms with Crippen LogP contribution in [0.2, 0.25) is 0 Å². The number of aliphatic imine (C=N–C) groups is 1. The summed E-state index contributed by atoms with van der Waals surface area (Å²) < 4.78 is 48.6. The van der Waals surface area contributed by atoms with Gasteiger partial charge in [0.25, 0.3) is 0 Å². The van der Waals surface area contributed by atoms with Crippen LogP contribution in [0.3, 0.4) is 0 Å². The Morgan fingerprint density at radius 1 is 1.25 bits per heavy atom. The smallest absolute Gasteiger partial charge is 0.434 e. The highest BCUT2D eigenvalue weighted by Crippen LogP contribution is 2.30. The maximum absolute atomic E-state index is 12.6. The van der Waals surface area contributed by atoms with Gasteiger partial charge >= 0.3 is 6.18 Å². The second-order valence-electron chi connectivity index (χ2n) is 5.63. The molecule has 6 nitrogen and oxygen atoms in total. The molecule has 154 valence electrons. The summed E-state index contributed by atoms with van der Waals surface area (Å²) >= 11 is 0.945. The van der Waals surface area contributed by atoms with Crippen molar-refractivity contribution in [3.8, 4) is 11.5 Å². The lowest BCUT2D eigenvalue weighted by molar-refractivity contribution is -0.140. The minimum atomic E-state index is -4.43. The van der Waals surface area contributed by atoms with Crippen molar-refractivity contribution in [2.45, 2.75) is 26.1 Å². The Hall–Kier alpha value is -2.49. The highest BCUT2D eigenvalue weighted by Gasteiger charge is 2.33. The summed E-state index contributed by atoms with van der Waals surface area (Å²) in [7, 11) is 1.60. The van der Waals surface area contributed by atoms with Crippen LogP contribution in [0, 0.1) is 0 Å². The van der Waals surface area contributed by atoms with Crippen molar-refractivity contribution in [1.82, 2.24) is 15.6 Å². The van der Waals surface area contributed by atoms with Gasteiger partial charge in [0.05, 0.1) is 20.3 Å². The van der Waals surface area contributed by atoms with Crippen LogP contribution in [0.5, 0.6) is 11.5 Å². The molecule has 0 unspecified atom stereocenters. The van der Waals surface area contributed by atoms with Gasteiger partial charge in [-0.1, -0.05) is 6.07 Å². The van der Waals surface area contributed by atoms with E-state index in [1.807, 2.05) is 31.2 Å². The van der Waals surface area contributed by atoms with Gasteiger partial charge in [-0.15, -0.1) is 11.3 Å². The van der Waals surface area contributed by atoms with E-state index in [-0.39, 0.29) is 6.54 Å². The number of rotatable bonds is 9. The predicted molar refractivity (Wildman–Crippen MR) is 103 cm³/mol. The Balaban J connectivity index is 1.77. The Kier molecular flexibility index (Phi) is 8.37. The van der Waals surface area contributed by atoms with Gasteiger partial charge < -0.3 is 20.1 Å². The van der Waals surface area contributed by atoms with Crippen molar-refractivity contribution in [2.24, 2.45) is 4.99 Å². The fourth-order valence-electron chi connectivity index (χ4n) is 2.16. The van der Waals surface area contributed by atoms with E-state index >= 15 is 0 Å². The van der Waals surface area contributed by atoms with Gasteiger partial charge in [-0.3, -0.25) is 0 Å². The third-order valence-corrected chi connectivity index (χ3v) is 4.32. The van der Waals surface area contributed by atoms with Crippen LogP contribution in [-0.4, -0.2) is 37.7 Å². The second-order valence-corrected chi connectivity index (χ2v) is 6.57. The van der Waals surface area contributed by atoms with E-state index in [4.69, 9.17) is 9.47 Å². The van der Waals surface area contributed by atoms with E-state index in [0.29, 0.717) is 30.7 Å². The van der Waals surface area contributed by atoms with Gasteiger partial charge in [-0.05, 0) is 25.5 Å². The van der Waals surface area contributed by atoms with Crippen molar-refractivity contribution in [1.29, 1.82) is 0 Å². The molecular weight excluding hydrogens is 393 g/mol. The van der Waals surface area contributed by atoms with Gasteiger partial charge in [0.2, 0.25) is 0 Å². The number of nitrogens with one attached hydrogen (secondary N) is 2. The highest BCUT2D eigenvalue weighted by molar-refractivity contribution is 7.09. The summed E-state index contributed by atoms with van der Waals surface area (Å²) in [5.74, 6) is 1.98. The monoisotopic (exact) mass is 416 g/mol.